The lowest BCUT2D eigenvalue weighted by molar-refractivity contribution is -0.864. The average molecular weight is 254 g/mol. The molecule has 0 bridgehead atoms. The van der Waals surface area contributed by atoms with Crippen molar-refractivity contribution in [3.05, 3.63) is 12.2 Å². The van der Waals surface area contributed by atoms with Gasteiger partial charge >= 0.3 is 0 Å². The SMILES string of the molecule is CCCCCCCCCCCC=CC[N+](C)(C)C. The third kappa shape index (κ3) is 15.7. The Morgan fingerprint density at radius 1 is 0.667 bits per heavy atom. The van der Waals surface area contributed by atoms with Gasteiger partial charge in [0.15, 0.2) is 0 Å². The first-order valence-corrected chi connectivity index (χ1v) is 8.01. The molecule has 18 heavy (non-hydrogen) atoms. The Kier molecular flexibility index (Phi) is 11.6. The highest BCUT2D eigenvalue weighted by molar-refractivity contribution is 4.81. The van der Waals surface area contributed by atoms with Gasteiger partial charge in [-0.25, -0.2) is 0 Å². The summed E-state index contributed by atoms with van der Waals surface area (Å²) < 4.78 is 1.04. The first-order valence-electron chi connectivity index (χ1n) is 8.01. The molecule has 0 unspecified atom stereocenters. The molecule has 0 aromatic heterocycles. The van der Waals surface area contributed by atoms with Gasteiger partial charge in [0.1, 0.15) is 0 Å². The normalized spacial score (nSPS) is 12.4. The number of hydrogen-bond donors (Lipinski definition) is 0. The van der Waals surface area contributed by atoms with E-state index in [9.17, 15) is 0 Å². The third-order valence-corrected chi connectivity index (χ3v) is 3.29. The van der Waals surface area contributed by atoms with Crippen LogP contribution in [0.2, 0.25) is 0 Å². The van der Waals surface area contributed by atoms with Crippen molar-refractivity contribution in [1.82, 2.24) is 0 Å². The van der Waals surface area contributed by atoms with Crippen molar-refractivity contribution in [2.75, 3.05) is 27.7 Å². The van der Waals surface area contributed by atoms with E-state index in [4.69, 9.17) is 0 Å². The summed E-state index contributed by atoms with van der Waals surface area (Å²) >= 11 is 0. The quantitative estimate of drug-likeness (QED) is 0.256. The van der Waals surface area contributed by atoms with Gasteiger partial charge in [0.25, 0.3) is 0 Å². The second kappa shape index (κ2) is 11.8. The predicted molar refractivity (Wildman–Crippen MR) is 83.9 cm³/mol. The lowest BCUT2D eigenvalue weighted by Gasteiger charge is -2.21. The molecule has 1 nitrogen and oxygen atoms in total. The molecule has 108 valence electrons. The lowest BCUT2D eigenvalue weighted by atomic mass is 10.1. The van der Waals surface area contributed by atoms with Crippen LogP contribution in [0.3, 0.4) is 0 Å². The number of unbranched alkanes of at least 4 members (excludes halogenated alkanes) is 9. The van der Waals surface area contributed by atoms with E-state index in [0.29, 0.717) is 0 Å². The Bertz CT molecular complexity index is 188. The molecule has 0 saturated heterocycles. The Hall–Kier alpha value is -0.300. The first-order chi connectivity index (χ1) is 8.56. The zero-order valence-corrected chi connectivity index (χ0v) is 13.4. The van der Waals surface area contributed by atoms with Gasteiger partial charge in [-0.05, 0) is 18.9 Å². The molecule has 0 N–H and O–H groups in total. The van der Waals surface area contributed by atoms with Gasteiger partial charge in [-0.3, -0.25) is 0 Å². The van der Waals surface area contributed by atoms with E-state index in [1.54, 1.807) is 0 Å². The minimum absolute atomic E-state index is 1.04. The van der Waals surface area contributed by atoms with Crippen molar-refractivity contribution in [3.63, 3.8) is 0 Å². The van der Waals surface area contributed by atoms with E-state index >= 15 is 0 Å². The van der Waals surface area contributed by atoms with E-state index in [1.165, 1.54) is 64.2 Å². The van der Waals surface area contributed by atoms with Crippen LogP contribution < -0.4 is 0 Å². The van der Waals surface area contributed by atoms with Gasteiger partial charge < -0.3 is 4.48 Å². The summed E-state index contributed by atoms with van der Waals surface area (Å²) in [5, 5.41) is 0. The van der Waals surface area contributed by atoms with Crippen LogP contribution in [-0.4, -0.2) is 32.2 Å². The lowest BCUT2D eigenvalue weighted by Crippen LogP contribution is -2.34. The van der Waals surface area contributed by atoms with E-state index in [-0.39, 0.29) is 0 Å². The van der Waals surface area contributed by atoms with E-state index < -0.39 is 0 Å². The summed E-state index contributed by atoms with van der Waals surface area (Å²) in [5.74, 6) is 0. The van der Waals surface area contributed by atoms with E-state index in [1.807, 2.05) is 0 Å². The summed E-state index contributed by atoms with van der Waals surface area (Å²) in [4.78, 5) is 0. The molecule has 0 spiro atoms. The summed E-state index contributed by atoms with van der Waals surface area (Å²) in [7, 11) is 6.72. The van der Waals surface area contributed by atoms with Crippen LogP contribution in [0.4, 0.5) is 0 Å². The van der Waals surface area contributed by atoms with Gasteiger partial charge in [-0.2, -0.15) is 0 Å². The minimum Gasteiger partial charge on any atom is -0.328 e. The smallest absolute Gasteiger partial charge is 0.0967 e. The average Bonchev–Trinajstić information content (AvgIpc) is 2.29. The van der Waals surface area contributed by atoms with Crippen LogP contribution in [0.25, 0.3) is 0 Å². The van der Waals surface area contributed by atoms with Crippen LogP contribution in [0.15, 0.2) is 12.2 Å². The highest BCUT2D eigenvalue weighted by atomic mass is 15.3. The van der Waals surface area contributed by atoms with Gasteiger partial charge in [0.2, 0.25) is 0 Å². The molecule has 0 fully saturated rings. The molecule has 0 aliphatic carbocycles. The van der Waals surface area contributed by atoms with Crippen LogP contribution >= 0.6 is 0 Å². The van der Waals surface area contributed by atoms with Crippen LogP contribution in [0, 0.1) is 0 Å². The molecule has 0 aliphatic heterocycles. The molecule has 0 rings (SSSR count). The minimum atomic E-state index is 1.04. The maximum Gasteiger partial charge on any atom is 0.0967 e. The van der Waals surface area contributed by atoms with E-state index in [0.717, 1.165) is 11.0 Å². The largest absolute Gasteiger partial charge is 0.328 e. The van der Waals surface area contributed by atoms with Crippen LogP contribution in [0.5, 0.6) is 0 Å². The molecule has 0 aromatic rings. The summed E-state index contributed by atoms with van der Waals surface area (Å²) in [5.41, 5.74) is 0. The van der Waals surface area contributed by atoms with Crippen LogP contribution in [-0.2, 0) is 0 Å². The Morgan fingerprint density at radius 2 is 1.17 bits per heavy atom. The van der Waals surface area contributed by atoms with Crippen molar-refractivity contribution in [3.8, 4) is 0 Å². The molecule has 0 saturated carbocycles. The topological polar surface area (TPSA) is 0 Å². The maximum absolute atomic E-state index is 2.37. The van der Waals surface area contributed by atoms with Gasteiger partial charge in [-0.15, -0.1) is 0 Å². The molecular weight excluding hydrogens is 218 g/mol. The molecule has 0 heterocycles. The number of nitrogens with zero attached hydrogens (tertiary/aromatic N) is 1. The molecule has 0 radical (unpaired) electrons. The molecule has 0 aliphatic rings. The first kappa shape index (κ1) is 17.7. The molecule has 0 amide bonds. The Morgan fingerprint density at radius 3 is 1.67 bits per heavy atom. The Balaban J connectivity index is 3.12. The number of likely N-dealkylation sites (N-methyl/N-ethyl adjacent to an activating group) is 1. The third-order valence-electron chi connectivity index (χ3n) is 3.29. The number of rotatable bonds is 12. The van der Waals surface area contributed by atoms with Crippen LogP contribution in [0.1, 0.15) is 71.1 Å². The van der Waals surface area contributed by atoms with Crippen molar-refractivity contribution in [2.45, 2.75) is 71.1 Å². The fourth-order valence-electron chi connectivity index (χ4n) is 2.08. The number of quaternary nitrogens is 1. The number of hydrogen-bond acceptors (Lipinski definition) is 0. The fourth-order valence-corrected chi connectivity index (χ4v) is 2.08. The van der Waals surface area contributed by atoms with Crippen molar-refractivity contribution < 1.29 is 4.48 Å². The van der Waals surface area contributed by atoms with Gasteiger partial charge in [-0.1, -0.05) is 64.4 Å². The molecule has 0 aromatic carbocycles. The fraction of sp³-hybridized carbons (Fsp3) is 0.882. The molecular formula is C17H36N+. The molecule has 0 atom stereocenters. The highest BCUT2D eigenvalue weighted by Crippen LogP contribution is 2.10. The van der Waals surface area contributed by atoms with E-state index in [2.05, 4.69) is 40.2 Å². The number of allylic oxidation sites excluding steroid dienone is 1. The van der Waals surface area contributed by atoms with Crippen molar-refractivity contribution in [2.24, 2.45) is 0 Å². The summed E-state index contributed by atoms with van der Waals surface area (Å²) in [6.45, 7) is 3.43. The van der Waals surface area contributed by atoms with Gasteiger partial charge in [0, 0.05) is 0 Å². The monoisotopic (exact) mass is 254 g/mol. The standard InChI is InChI=1S/C17H36N/c1-5-6-7-8-9-10-11-12-13-14-15-16-17-18(2,3)4/h15-16H,5-14,17H2,1-4H3/q+1. The second-order valence-corrected chi connectivity index (χ2v) is 6.56. The molecule has 1 heteroatoms. The summed E-state index contributed by atoms with van der Waals surface area (Å²) in [6, 6.07) is 0. The van der Waals surface area contributed by atoms with Gasteiger partial charge in [0.05, 0.1) is 27.7 Å². The summed E-state index contributed by atoms with van der Waals surface area (Å²) in [6.07, 6.45) is 18.8. The Labute approximate surface area is 116 Å². The second-order valence-electron chi connectivity index (χ2n) is 6.56. The maximum atomic E-state index is 2.37. The zero-order valence-electron chi connectivity index (χ0n) is 13.4. The van der Waals surface area contributed by atoms with Crippen molar-refractivity contribution >= 4 is 0 Å². The zero-order chi connectivity index (χ0) is 13.7. The predicted octanol–water partition coefficient (Wildman–Crippen LogP) is 5.17. The van der Waals surface area contributed by atoms with Crippen molar-refractivity contribution in [1.29, 1.82) is 0 Å². The highest BCUT2D eigenvalue weighted by Gasteiger charge is 2.01.